The molecule has 2 fully saturated rings. The number of rotatable bonds is 6. The lowest BCUT2D eigenvalue weighted by molar-refractivity contribution is -0.136. The number of carbonyl (C=O) groups is 1. The lowest BCUT2D eigenvalue weighted by atomic mass is 9.82. The second-order valence-electron chi connectivity index (χ2n) is 14.8. The van der Waals surface area contributed by atoms with Crippen molar-refractivity contribution in [2.75, 3.05) is 47.4 Å². The zero-order valence-corrected chi connectivity index (χ0v) is 27.4. The van der Waals surface area contributed by atoms with Crippen LogP contribution in [0.5, 0.6) is 0 Å². The maximum Gasteiger partial charge on any atom is 0.307 e. The number of hydrogen-bond donors (Lipinski definition) is 1. The molecule has 8 heteroatoms. The van der Waals surface area contributed by atoms with Gasteiger partial charge in [0, 0.05) is 67.8 Å². The van der Waals surface area contributed by atoms with Gasteiger partial charge in [-0.15, -0.1) is 0 Å². The van der Waals surface area contributed by atoms with Gasteiger partial charge in [-0.2, -0.15) is 0 Å². The molecule has 0 atom stereocenters. The van der Waals surface area contributed by atoms with E-state index in [9.17, 15) is 9.90 Å². The van der Waals surface area contributed by atoms with Gasteiger partial charge in [0.1, 0.15) is 18.0 Å². The van der Waals surface area contributed by atoms with Crippen LogP contribution >= 0.6 is 0 Å². The molecule has 0 unspecified atom stereocenters. The Morgan fingerprint density at radius 1 is 0.841 bits per heavy atom. The Kier molecular flexibility index (Phi) is 8.05. The first kappa shape index (κ1) is 30.4. The van der Waals surface area contributed by atoms with E-state index in [1.807, 2.05) is 6.92 Å². The van der Waals surface area contributed by atoms with Crippen molar-refractivity contribution in [2.24, 2.45) is 10.8 Å². The van der Waals surface area contributed by atoms with Gasteiger partial charge in [0.25, 0.3) is 0 Å². The van der Waals surface area contributed by atoms with Crippen LogP contribution in [0, 0.1) is 24.7 Å². The van der Waals surface area contributed by atoms with Crippen LogP contribution < -0.4 is 14.7 Å². The first-order valence-electron chi connectivity index (χ1n) is 16.3. The number of pyridine rings is 1. The molecule has 0 bridgehead atoms. The molecule has 0 saturated carbocycles. The molecule has 5 heterocycles. The molecule has 2 saturated heterocycles. The summed E-state index contributed by atoms with van der Waals surface area (Å²) in [6.45, 7) is 19.0. The Morgan fingerprint density at radius 3 is 2.27 bits per heavy atom. The molecule has 0 aliphatic carbocycles. The maximum absolute atomic E-state index is 12.0. The van der Waals surface area contributed by atoms with Crippen LogP contribution in [0.4, 0.5) is 17.3 Å². The highest BCUT2D eigenvalue weighted by Gasteiger charge is 2.31. The van der Waals surface area contributed by atoms with Crippen molar-refractivity contribution >= 4 is 23.3 Å². The van der Waals surface area contributed by atoms with Crippen molar-refractivity contribution in [2.45, 2.75) is 86.6 Å². The number of fused-ring (bicyclic) bond motifs is 1. The molecular formula is C36H48N6O2. The number of hydrogen-bond acceptors (Lipinski definition) is 7. The normalized spacial score (nSPS) is 19.5. The summed E-state index contributed by atoms with van der Waals surface area (Å²) >= 11 is 0. The number of aromatic nitrogens is 3. The minimum absolute atomic E-state index is 0.0168. The number of nitrogens with zero attached hydrogens (tertiary/aromatic N) is 6. The molecule has 0 amide bonds. The molecule has 234 valence electrons. The maximum atomic E-state index is 12.0. The van der Waals surface area contributed by atoms with Crippen molar-refractivity contribution in [3.05, 3.63) is 58.7 Å². The van der Waals surface area contributed by atoms with Crippen LogP contribution in [-0.2, 0) is 24.2 Å². The summed E-state index contributed by atoms with van der Waals surface area (Å²) in [7, 11) is 0. The van der Waals surface area contributed by atoms with E-state index in [-0.39, 0.29) is 6.42 Å². The van der Waals surface area contributed by atoms with Gasteiger partial charge in [-0.25, -0.2) is 9.97 Å². The summed E-state index contributed by atoms with van der Waals surface area (Å²) in [6.07, 6.45) is 7.24. The number of anilines is 3. The largest absolute Gasteiger partial charge is 0.481 e. The standard InChI is InChI=1S/C36H48N6O2/c1-24-29(19-32(43)44)34(40-16-12-35(3,4)13-17-40)33(25(2)39-24)27-8-9-28-21-41(15-10-26(28)18-27)30-20-31(38-23-37-30)42-14-7-11-36(5,6)22-42/h8-9,18,20,23H,7,10-17,19,21-22H2,1-6H3,(H,43,44). The molecule has 1 aromatic carbocycles. The van der Waals surface area contributed by atoms with Crippen molar-refractivity contribution in [1.29, 1.82) is 0 Å². The van der Waals surface area contributed by atoms with Crippen LogP contribution in [0.25, 0.3) is 11.1 Å². The fourth-order valence-electron chi connectivity index (χ4n) is 7.47. The van der Waals surface area contributed by atoms with Gasteiger partial charge in [0.15, 0.2) is 0 Å². The lowest BCUT2D eigenvalue weighted by Crippen LogP contribution is -2.40. The fraction of sp³-hybridized carbons (Fsp3) is 0.556. The second-order valence-corrected chi connectivity index (χ2v) is 14.8. The van der Waals surface area contributed by atoms with Crippen molar-refractivity contribution in [1.82, 2.24) is 15.0 Å². The van der Waals surface area contributed by atoms with Crippen molar-refractivity contribution < 1.29 is 9.90 Å². The molecule has 3 aliphatic rings. The van der Waals surface area contributed by atoms with Gasteiger partial charge in [-0.3, -0.25) is 9.78 Å². The number of benzene rings is 1. The van der Waals surface area contributed by atoms with Crippen LogP contribution in [0.15, 0.2) is 30.6 Å². The quantitative estimate of drug-likeness (QED) is 0.341. The highest BCUT2D eigenvalue weighted by Crippen LogP contribution is 2.42. The fourth-order valence-corrected chi connectivity index (χ4v) is 7.47. The molecule has 44 heavy (non-hydrogen) atoms. The Bertz CT molecular complexity index is 1550. The Labute approximate surface area is 262 Å². The average molecular weight is 597 g/mol. The third-order valence-electron chi connectivity index (χ3n) is 10.1. The molecule has 0 spiro atoms. The topological polar surface area (TPSA) is 85.7 Å². The monoisotopic (exact) mass is 596 g/mol. The van der Waals surface area contributed by atoms with E-state index in [0.29, 0.717) is 10.8 Å². The summed E-state index contributed by atoms with van der Waals surface area (Å²) in [5.74, 6) is 1.20. The zero-order valence-electron chi connectivity index (χ0n) is 27.4. The summed E-state index contributed by atoms with van der Waals surface area (Å²) in [5.41, 5.74) is 9.16. The molecule has 3 aromatic rings. The van der Waals surface area contributed by atoms with Crippen LogP contribution in [-0.4, -0.2) is 58.8 Å². The Hall–Kier alpha value is -3.68. The van der Waals surface area contributed by atoms with E-state index in [0.717, 1.165) is 104 Å². The molecule has 2 aromatic heterocycles. The third kappa shape index (κ3) is 6.26. The molecule has 8 nitrogen and oxygen atoms in total. The van der Waals surface area contributed by atoms with E-state index < -0.39 is 5.97 Å². The summed E-state index contributed by atoms with van der Waals surface area (Å²) < 4.78 is 0. The summed E-state index contributed by atoms with van der Waals surface area (Å²) in [4.78, 5) is 33.4. The van der Waals surface area contributed by atoms with Gasteiger partial charge in [-0.05, 0) is 73.5 Å². The van der Waals surface area contributed by atoms with Gasteiger partial charge in [-0.1, -0.05) is 45.9 Å². The predicted octanol–water partition coefficient (Wildman–Crippen LogP) is 6.60. The number of piperidine rings is 2. The minimum atomic E-state index is -0.814. The Balaban J connectivity index is 1.30. The molecular weight excluding hydrogens is 548 g/mol. The first-order chi connectivity index (χ1) is 20.9. The first-order valence-corrected chi connectivity index (χ1v) is 16.3. The SMILES string of the molecule is Cc1nc(C)c(-c2ccc3c(c2)CCN(c2cc(N4CCCC(C)(C)C4)ncn2)C3)c(N2CCC(C)(C)CC2)c1CC(=O)O. The van der Waals surface area contributed by atoms with Crippen molar-refractivity contribution in [3.8, 4) is 11.1 Å². The van der Waals surface area contributed by atoms with Crippen LogP contribution in [0.2, 0.25) is 0 Å². The van der Waals surface area contributed by atoms with E-state index in [4.69, 9.17) is 4.98 Å². The average Bonchev–Trinajstić information content (AvgIpc) is 2.97. The highest BCUT2D eigenvalue weighted by atomic mass is 16.4. The molecule has 3 aliphatic heterocycles. The zero-order chi connectivity index (χ0) is 31.2. The predicted molar refractivity (Wildman–Crippen MR) is 178 cm³/mol. The third-order valence-corrected chi connectivity index (χ3v) is 10.1. The van der Waals surface area contributed by atoms with Gasteiger partial charge in [0.05, 0.1) is 12.1 Å². The van der Waals surface area contributed by atoms with Gasteiger partial charge < -0.3 is 19.8 Å². The van der Waals surface area contributed by atoms with Crippen LogP contribution in [0.1, 0.15) is 81.5 Å². The number of aryl methyl sites for hydroxylation is 2. The summed E-state index contributed by atoms with van der Waals surface area (Å²) in [6, 6.07) is 8.96. The van der Waals surface area contributed by atoms with Crippen LogP contribution in [0.3, 0.4) is 0 Å². The van der Waals surface area contributed by atoms with Gasteiger partial charge in [0.2, 0.25) is 0 Å². The summed E-state index contributed by atoms with van der Waals surface area (Å²) in [5, 5.41) is 9.86. The van der Waals surface area contributed by atoms with E-state index in [2.05, 4.69) is 83.6 Å². The minimum Gasteiger partial charge on any atom is -0.481 e. The van der Waals surface area contributed by atoms with E-state index >= 15 is 0 Å². The number of carboxylic acids is 1. The Morgan fingerprint density at radius 2 is 1.57 bits per heavy atom. The number of aliphatic carboxylic acids is 1. The molecule has 0 radical (unpaired) electrons. The molecule has 6 rings (SSSR count). The smallest absolute Gasteiger partial charge is 0.307 e. The second kappa shape index (κ2) is 11.7. The van der Waals surface area contributed by atoms with Gasteiger partial charge >= 0.3 is 5.97 Å². The highest BCUT2D eigenvalue weighted by molar-refractivity contribution is 5.86. The van der Waals surface area contributed by atoms with E-state index in [1.165, 1.54) is 24.0 Å². The van der Waals surface area contributed by atoms with Crippen molar-refractivity contribution in [3.63, 3.8) is 0 Å². The van der Waals surface area contributed by atoms with E-state index in [1.54, 1.807) is 6.33 Å². The number of carboxylic acid groups (broad SMARTS) is 1. The lowest BCUT2D eigenvalue weighted by Gasteiger charge is -2.40. The molecule has 1 N–H and O–H groups in total.